The van der Waals surface area contributed by atoms with Crippen LogP contribution in [0.4, 0.5) is 17.1 Å². The molecule has 0 atom stereocenters. The normalized spacial score (nSPS) is 12.2. The lowest BCUT2D eigenvalue weighted by Gasteiger charge is -2.31. The molecular formula is C48H43NO. The number of hydrogen-bond donors (Lipinski definition) is 0. The van der Waals surface area contributed by atoms with Crippen LogP contribution >= 0.6 is 0 Å². The van der Waals surface area contributed by atoms with E-state index >= 15 is 0 Å². The molecule has 0 amide bonds. The summed E-state index contributed by atoms with van der Waals surface area (Å²) in [6, 6.07) is 55.0. The van der Waals surface area contributed by atoms with Crippen molar-refractivity contribution in [2.45, 2.75) is 52.4 Å². The molecule has 7 aromatic carbocycles. The van der Waals surface area contributed by atoms with Crippen molar-refractivity contribution < 1.29 is 4.42 Å². The second kappa shape index (κ2) is 12.1. The molecule has 0 aliphatic rings. The largest absolute Gasteiger partial charge is 0.455 e. The SMILES string of the molecule is CC(C)(C)c1cc(N(c2ccc(-c3ccccc3)cc2)c2cccc(-c3cccc4oc5c6ccccc6ccc5c34)c2)cc(C(C)(C)C)c1. The van der Waals surface area contributed by atoms with Gasteiger partial charge in [0.15, 0.2) is 0 Å². The van der Waals surface area contributed by atoms with Crippen LogP contribution in [0.5, 0.6) is 0 Å². The van der Waals surface area contributed by atoms with E-state index in [0.717, 1.165) is 55.5 Å². The summed E-state index contributed by atoms with van der Waals surface area (Å²) in [6.45, 7) is 13.8. The first-order valence-corrected chi connectivity index (χ1v) is 17.6. The molecular weight excluding hydrogens is 607 g/mol. The van der Waals surface area contributed by atoms with Crippen molar-refractivity contribution in [3.63, 3.8) is 0 Å². The Hall–Kier alpha value is -5.60. The fourth-order valence-corrected chi connectivity index (χ4v) is 7.09. The Kier molecular flexibility index (Phi) is 7.64. The highest BCUT2D eigenvalue weighted by Crippen LogP contribution is 2.44. The Balaban J connectivity index is 1.33. The van der Waals surface area contributed by atoms with E-state index in [1.165, 1.54) is 27.6 Å². The summed E-state index contributed by atoms with van der Waals surface area (Å²) < 4.78 is 6.57. The van der Waals surface area contributed by atoms with Crippen molar-refractivity contribution in [3.05, 3.63) is 163 Å². The zero-order valence-corrected chi connectivity index (χ0v) is 29.8. The van der Waals surface area contributed by atoms with Gasteiger partial charge in [-0.15, -0.1) is 0 Å². The average Bonchev–Trinajstić information content (AvgIpc) is 3.51. The van der Waals surface area contributed by atoms with Gasteiger partial charge in [0.05, 0.1) is 0 Å². The predicted octanol–water partition coefficient (Wildman–Crippen LogP) is 14.1. The molecule has 0 unspecified atom stereocenters. The van der Waals surface area contributed by atoms with Crippen LogP contribution in [-0.2, 0) is 10.8 Å². The maximum Gasteiger partial charge on any atom is 0.143 e. The minimum atomic E-state index is -0.0111. The Morgan fingerprint density at radius 2 is 1.08 bits per heavy atom. The van der Waals surface area contributed by atoms with Gasteiger partial charge in [-0.25, -0.2) is 0 Å². The second-order valence-electron chi connectivity index (χ2n) is 15.5. The van der Waals surface area contributed by atoms with E-state index in [1.807, 2.05) is 0 Å². The van der Waals surface area contributed by atoms with E-state index in [4.69, 9.17) is 4.42 Å². The Labute approximate surface area is 295 Å². The highest BCUT2D eigenvalue weighted by Gasteiger charge is 2.24. The Morgan fingerprint density at radius 3 is 1.80 bits per heavy atom. The maximum absolute atomic E-state index is 6.57. The van der Waals surface area contributed by atoms with E-state index in [2.05, 4.69) is 198 Å². The molecule has 0 radical (unpaired) electrons. The number of benzene rings is 7. The molecule has 0 spiro atoms. The van der Waals surface area contributed by atoms with E-state index in [1.54, 1.807) is 0 Å². The number of rotatable bonds is 5. The van der Waals surface area contributed by atoms with Crippen LogP contribution in [0.25, 0.3) is 55.0 Å². The lowest BCUT2D eigenvalue weighted by atomic mass is 9.80. The molecule has 0 aliphatic carbocycles. The molecule has 0 fully saturated rings. The van der Waals surface area contributed by atoms with Crippen LogP contribution in [0.1, 0.15) is 52.7 Å². The third kappa shape index (κ3) is 5.75. The number of fused-ring (bicyclic) bond motifs is 5. The molecule has 0 N–H and O–H groups in total. The molecule has 246 valence electrons. The van der Waals surface area contributed by atoms with Crippen molar-refractivity contribution in [2.75, 3.05) is 4.90 Å². The van der Waals surface area contributed by atoms with Gasteiger partial charge in [0.1, 0.15) is 11.2 Å². The van der Waals surface area contributed by atoms with Crippen LogP contribution in [-0.4, -0.2) is 0 Å². The van der Waals surface area contributed by atoms with E-state index in [-0.39, 0.29) is 10.8 Å². The summed E-state index contributed by atoms with van der Waals surface area (Å²) in [5.41, 5.74) is 12.6. The lowest BCUT2D eigenvalue weighted by molar-refractivity contribution is 0.569. The minimum absolute atomic E-state index is 0.0111. The summed E-state index contributed by atoms with van der Waals surface area (Å²) in [5, 5.41) is 4.61. The minimum Gasteiger partial charge on any atom is -0.455 e. The van der Waals surface area contributed by atoms with E-state index in [9.17, 15) is 0 Å². The molecule has 1 aromatic heterocycles. The van der Waals surface area contributed by atoms with Crippen LogP contribution < -0.4 is 4.90 Å². The van der Waals surface area contributed by atoms with Crippen molar-refractivity contribution in [1.29, 1.82) is 0 Å². The van der Waals surface area contributed by atoms with Gasteiger partial charge in [-0.2, -0.15) is 0 Å². The number of anilines is 3. The molecule has 0 aliphatic heterocycles. The zero-order chi connectivity index (χ0) is 34.6. The fourth-order valence-electron chi connectivity index (χ4n) is 7.09. The highest BCUT2D eigenvalue weighted by atomic mass is 16.3. The number of furan rings is 1. The van der Waals surface area contributed by atoms with E-state index < -0.39 is 0 Å². The molecule has 0 saturated carbocycles. The van der Waals surface area contributed by atoms with Gasteiger partial charge in [0.2, 0.25) is 0 Å². The monoisotopic (exact) mass is 649 g/mol. The molecule has 0 saturated heterocycles. The summed E-state index contributed by atoms with van der Waals surface area (Å²) >= 11 is 0. The van der Waals surface area contributed by atoms with Crippen molar-refractivity contribution in [3.8, 4) is 22.3 Å². The van der Waals surface area contributed by atoms with Crippen LogP contribution in [0, 0.1) is 0 Å². The van der Waals surface area contributed by atoms with Gasteiger partial charge < -0.3 is 9.32 Å². The fraction of sp³-hybridized carbons (Fsp3) is 0.167. The molecule has 0 bridgehead atoms. The molecule has 8 rings (SSSR count). The quantitative estimate of drug-likeness (QED) is 0.184. The summed E-state index contributed by atoms with van der Waals surface area (Å²) in [6.07, 6.45) is 0. The zero-order valence-electron chi connectivity index (χ0n) is 29.8. The molecule has 8 aromatic rings. The van der Waals surface area contributed by atoms with Crippen molar-refractivity contribution in [1.82, 2.24) is 0 Å². The second-order valence-corrected chi connectivity index (χ2v) is 15.5. The molecule has 2 heteroatoms. The highest BCUT2D eigenvalue weighted by molar-refractivity contribution is 6.19. The average molecular weight is 650 g/mol. The standard InChI is InChI=1S/C48H43NO/c1-47(2,3)36-29-37(48(4,5)6)31-40(30-36)49(38-25-22-33(23-26-38)32-14-8-7-9-15-32)39-18-12-17-35(28-39)41-20-13-21-44-45(41)43-27-24-34-16-10-11-19-42(34)46(43)50-44/h7-31H,1-6H3. The first-order chi connectivity index (χ1) is 24.0. The van der Waals surface area contributed by atoms with Crippen molar-refractivity contribution in [2.24, 2.45) is 0 Å². The summed E-state index contributed by atoms with van der Waals surface area (Å²) in [4.78, 5) is 2.42. The van der Waals surface area contributed by atoms with Crippen LogP contribution in [0.2, 0.25) is 0 Å². The third-order valence-electron chi connectivity index (χ3n) is 9.94. The van der Waals surface area contributed by atoms with Gasteiger partial charge in [-0.1, -0.05) is 145 Å². The first kappa shape index (κ1) is 31.7. The molecule has 1 heterocycles. The van der Waals surface area contributed by atoms with Gasteiger partial charge in [-0.3, -0.25) is 0 Å². The summed E-state index contributed by atoms with van der Waals surface area (Å²) in [5.74, 6) is 0. The summed E-state index contributed by atoms with van der Waals surface area (Å²) in [7, 11) is 0. The smallest absolute Gasteiger partial charge is 0.143 e. The van der Waals surface area contributed by atoms with Gasteiger partial charge in [0, 0.05) is 33.2 Å². The molecule has 2 nitrogen and oxygen atoms in total. The third-order valence-corrected chi connectivity index (χ3v) is 9.94. The first-order valence-electron chi connectivity index (χ1n) is 17.6. The van der Waals surface area contributed by atoms with Crippen molar-refractivity contribution >= 4 is 49.8 Å². The van der Waals surface area contributed by atoms with Crippen LogP contribution in [0.3, 0.4) is 0 Å². The lowest BCUT2D eigenvalue weighted by Crippen LogP contribution is -2.19. The predicted molar refractivity (Wildman–Crippen MR) is 214 cm³/mol. The van der Waals surface area contributed by atoms with Gasteiger partial charge >= 0.3 is 0 Å². The number of nitrogens with zero attached hydrogens (tertiary/aromatic N) is 1. The maximum atomic E-state index is 6.57. The topological polar surface area (TPSA) is 16.4 Å². The van der Waals surface area contributed by atoms with E-state index in [0.29, 0.717) is 0 Å². The Bertz CT molecular complexity index is 2460. The Morgan fingerprint density at radius 1 is 0.440 bits per heavy atom. The number of hydrogen-bond acceptors (Lipinski definition) is 2. The van der Waals surface area contributed by atoms with Crippen LogP contribution in [0.15, 0.2) is 156 Å². The molecule has 50 heavy (non-hydrogen) atoms. The van der Waals surface area contributed by atoms with Gasteiger partial charge in [0.25, 0.3) is 0 Å². The van der Waals surface area contributed by atoms with Gasteiger partial charge in [-0.05, 0) is 98.1 Å².